The molecular weight excluding hydrogens is 198 g/mol. The van der Waals surface area contributed by atoms with Gasteiger partial charge >= 0.3 is 0 Å². The molecule has 0 fully saturated rings. The minimum Gasteiger partial charge on any atom is -0.330 e. The van der Waals surface area contributed by atoms with Gasteiger partial charge in [0.2, 0.25) is 0 Å². The van der Waals surface area contributed by atoms with Crippen molar-refractivity contribution in [3.8, 4) is 0 Å². The van der Waals surface area contributed by atoms with E-state index in [1.165, 1.54) is 23.3 Å². The summed E-state index contributed by atoms with van der Waals surface area (Å²) in [5.41, 5.74) is 9.38. The van der Waals surface area contributed by atoms with Crippen LogP contribution in [0.25, 0.3) is 11.0 Å². The van der Waals surface area contributed by atoms with Crippen molar-refractivity contribution >= 4 is 11.0 Å². The summed E-state index contributed by atoms with van der Waals surface area (Å²) < 4.78 is 2.36. The fourth-order valence-corrected chi connectivity index (χ4v) is 2.52. The van der Waals surface area contributed by atoms with Crippen LogP contribution >= 0.6 is 0 Å². The smallest absolute Gasteiger partial charge is 0.109 e. The number of aromatic nitrogens is 2. The van der Waals surface area contributed by atoms with Gasteiger partial charge in [0.25, 0.3) is 0 Å². The van der Waals surface area contributed by atoms with E-state index in [2.05, 4.69) is 27.8 Å². The van der Waals surface area contributed by atoms with Crippen molar-refractivity contribution in [3.05, 3.63) is 29.6 Å². The Morgan fingerprint density at radius 3 is 3.19 bits per heavy atom. The molecule has 3 heteroatoms. The summed E-state index contributed by atoms with van der Waals surface area (Å²) in [5.74, 6) is 1.26. The van der Waals surface area contributed by atoms with Gasteiger partial charge in [-0.1, -0.05) is 6.07 Å². The summed E-state index contributed by atoms with van der Waals surface area (Å²) in [6.07, 6.45) is 4.51. The van der Waals surface area contributed by atoms with Gasteiger partial charge in [-0.25, -0.2) is 4.98 Å². The zero-order chi connectivity index (χ0) is 11.0. The highest BCUT2D eigenvalue weighted by molar-refractivity contribution is 5.77. The van der Waals surface area contributed by atoms with Gasteiger partial charge in [0.15, 0.2) is 0 Å². The number of hydrogen-bond donors (Lipinski definition) is 1. The van der Waals surface area contributed by atoms with E-state index in [4.69, 9.17) is 5.73 Å². The molecule has 0 saturated heterocycles. The van der Waals surface area contributed by atoms with Crippen LogP contribution in [0.4, 0.5) is 0 Å². The van der Waals surface area contributed by atoms with Crippen LogP contribution in [0.1, 0.15) is 24.2 Å². The average molecular weight is 215 g/mol. The Morgan fingerprint density at radius 2 is 2.31 bits per heavy atom. The Morgan fingerprint density at radius 1 is 1.38 bits per heavy atom. The number of nitrogens with two attached hydrogens (primary N) is 1. The van der Waals surface area contributed by atoms with E-state index in [-0.39, 0.29) is 0 Å². The molecule has 0 atom stereocenters. The molecule has 2 heterocycles. The third-order valence-corrected chi connectivity index (χ3v) is 3.34. The molecule has 0 spiro atoms. The summed E-state index contributed by atoms with van der Waals surface area (Å²) in [7, 11) is 0. The van der Waals surface area contributed by atoms with Gasteiger partial charge in [-0.3, -0.25) is 0 Å². The average Bonchev–Trinajstić information content (AvgIpc) is 2.86. The van der Waals surface area contributed by atoms with Crippen molar-refractivity contribution in [2.45, 2.75) is 32.2 Å². The first-order valence-corrected chi connectivity index (χ1v) is 6.06. The first kappa shape index (κ1) is 9.85. The van der Waals surface area contributed by atoms with Gasteiger partial charge in [-0.05, 0) is 43.5 Å². The SMILES string of the molecule is NCCCc1ccc2nc3n(c2c1)CCC3. The Hall–Kier alpha value is -1.35. The lowest BCUT2D eigenvalue weighted by atomic mass is 10.1. The molecular formula is C13H17N3. The van der Waals surface area contributed by atoms with Crippen LogP contribution in [-0.2, 0) is 19.4 Å². The Kier molecular flexibility index (Phi) is 2.40. The maximum atomic E-state index is 5.54. The summed E-state index contributed by atoms with van der Waals surface area (Å²) >= 11 is 0. The van der Waals surface area contributed by atoms with Gasteiger partial charge in [0, 0.05) is 13.0 Å². The molecule has 84 valence electrons. The normalized spacial score (nSPS) is 14.6. The van der Waals surface area contributed by atoms with Crippen molar-refractivity contribution in [2.75, 3.05) is 6.54 Å². The van der Waals surface area contributed by atoms with E-state index in [9.17, 15) is 0 Å². The van der Waals surface area contributed by atoms with Crippen molar-refractivity contribution < 1.29 is 0 Å². The lowest BCUT2D eigenvalue weighted by Crippen LogP contribution is -2.00. The molecule has 1 aromatic heterocycles. The molecule has 3 nitrogen and oxygen atoms in total. The van der Waals surface area contributed by atoms with Crippen LogP contribution in [-0.4, -0.2) is 16.1 Å². The highest BCUT2D eigenvalue weighted by atomic mass is 15.1. The van der Waals surface area contributed by atoms with Crippen molar-refractivity contribution in [1.29, 1.82) is 0 Å². The van der Waals surface area contributed by atoms with Gasteiger partial charge in [-0.15, -0.1) is 0 Å². The van der Waals surface area contributed by atoms with E-state index < -0.39 is 0 Å². The van der Waals surface area contributed by atoms with Crippen molar-refractivity contribution in [3.63, 3.8) is 0 Å². The van der Waals surface area contributed by atoms with Crippen molar-refractivity contribution in [1.82, 2.24) is 9.55 Å². The molecule has 0 amide bonds. The van der Waals surface area contributed by atoms with E-state index in [0.29, 0.717) is 0 Å². The van der Waals surface area contributed by atoms with Gasteiger partial charge in [0.1, 0.15) is 5.82 Å². The topological polar surface area (TPSA) is 43.8 Å². The monoisotopic (exact) mass is 215 g/mol. The zero-order valence-electron chi connectivity index (χ0n) is 9.45. The molecule has 3 rings (SSSR count). The minimum atomic E-state index is 0.766. The Balaban J connectivity index is 2.02. The second-order valence-corrected chi connectivity index (χ2v) is 4.50. The van der Waals surface area contributed by atoms with Crippen LogP contribution < -0.4 is 5.73 Å². The lowest BCUT2D eigenvalue weighted by molar-refractivity contribution is 0.770. The fraction of sp³-hybridized carbons (Fsp3) is 0.462. The van der Waals surface area contributed by atoms with E-state index in [1.54, 1.807) is 0 Å². The highest BCUT2D eigenvalue weighted by Crippen LogP contribution is 2.23. The third-order valence-electron chi connectivity index (χ3n) is 3.34. The second kappa shape index (κ2) is 3.91. The van der Waals surface area contributed by atoms with Crippen LogP contribution in [0.3, 0.4) is 0 Å². The number of aryl methyl sites for hydroxylation is 3. The van der Waals surface area contributed by atoms with E-state index >= 15 is 0 Å². The molecule has 0 saturated carbocycles. The summed E-state index contributed by atoms with van der Waals surface area (Å²) in [6.45, 7) is 1.90. The summed E-state index contributed by atoms with van der Waals surface area (Å²) in [5, 5.41) is 0. The minimum absolute atomic E-state index is 0.766. The van der Waals surface area contributed by atoms with Crippen LogP contribution in [0.2, 0.25) is 0 Å². The van der Waals surface area contributed by atoms with E-state index in [1.807, 2.05) is 0 Å². The van der Waals surface area contributed by atoms with Crippen molar-refractivity contribution in [2.24, 2.45) is 5.73 Å². The second-order valence-electron chi connectivity index (χ2n) is 4.50. The predicted octanol–water partition coefficient (Wildman–Crippen LogP) is 1.87. The number of imidazole rings is 1. The summed E-state index contributed by atoms with van der Waals surface area (Å²) in [4.78, 5) is 4.65. The molecule has 1 aromatic carbocycles. The number of fused-ring (bicyclic) bond motifs is 3. The number of hydrogen-bond acceptors (Lipinski definition) is 2. The predicted molar refractivity (Wildman–Crippen MR) is 65.4 cm³/mol. The number of nitrogens with zero attached hydrogens (tertiary/aromatic N) is 2. The fourth-order valence-electron chi connectivity index (χ4n) is 2.52. The largest absolute Gasteiger partial charge is 0.330 e. The van der Waals surface area contributed by atoms with Gasteiger partial charge < -0.3 is 10.3 Å². The number of benzene rings is 1. The Labute approximate surface area is 95.3 Å². The van der Waals surface area contributed by atoms with Crippen LogP contribution in [0, 0.1) is 0 Å². The maximum Gasteiger partial charge on any atom is 0.109 e. The first-order valence-electron chi connectivity index (χ1n) is 6.06. The molecule has 0 aliphatic carbocycles. The first-order chi connectivity index (χ1) is 7.88. The van der Waals surface area contributed by atoms with E-state index in [0.717, 1.165) is 37.9 Å². The van der Waals surface area contributed by atoms with Gasteiger partial charge in [0.05, 0.1) is 11.0 Å². The van der Waals surface area contributed by atoms with Crippen LogP contribution in [0.15, 0.2) is 18.2 Å². The third kappa shape index (κ3) is 1.52. The zero-order valence-corrected chi connectivity index (χ0v) is 9.45. The molecule has 0 radical (unpaired) electrons. The molecule has 2 aromatic rings. The quantitative estimate of drug-likeness (QED) is 0.849. The Bertz CT molecular complexity index is 513. The lowest BCUT2D eigenvalue weighted by Gasteiger charge is -2.02. The molecule has 0 unspecified atom stereocenters. The molecule has 2 N–H and O–H groups in total. The molecule has 1 aliphatic heterocycles. The van der Waals surface area contributed by atoms with Crippen LogP contribution in [0.5, 0.6) is 0 Å². The number of rotatable bonds is 3. The highest BCUT2D eigenvalue weighted by Gasteiger charge is 2.15. The van der Waals surface area contributed by atoms with Gasteiger partial charge in [-0.2, -0.15) is 0 Å². The molecule has 16 heavy (non-hydrogen) atoms. The molecule has 1 aliphatic rings. The molecule has 0 bridgehead atoms. The standard InChI is InChI=1S/C13H17N3/c14-7-1-3-10-5-6-11-12(9-10)16-8-2-4-13(16)15-11/h5-6,9H,1-4,7-8,14H2. The summed E-state index contributed by atoms with van der Waals surface area (Å²) in [6, 6.07) is 6.61. The maximum absolute atomic E-state index is 5.54.